The van der Waals surface area contributed by atoms with Crippen LogP contribution in [-0.4, -0.2) is 44.7 Å². The lowest BCUT2D eigenvalue weighted by Gasteiger charge is -2.29. The van der Waals surface area contributed by atoms with Crippen LogP contribution in [0.4, 0.5) is 0 Å². The number of phenolic OH excluding ortho intramolecular Hbond substituents is 1. The van der Waals surface area contributed by atoms with Gasteiger partial charge in [-0.05, 0) is 45.3 Å². The van der Waals surface area contributed by atoms with Crippen LogP contribution >= 0.6 is 0 Å². The number of aromatic nitrogens is 2. The van der Waals surface area contributed by atoms with E-state index in [0.717, 1.165) is 16.5 Å². The Bertz CT molecular complexity index is 1310. The van der Waals surface area contributed by atoms with Crippen LogP contribution in [0.5, 0.6) is 5.75 Å². The zero-order valence-electron chi connectivity index (χ0n) is 16.9. The van der Waals surface area contributed by atoms with E-state index in [1.54, 1.807) is 22.8 Å². The summed E-state index contributed by atoms with van der Waals surface area (Å²) in [6.45, 7) is 2.06. The Morgan fingerprint density at radius 1 is 1.27 bits per heavy atom. The summed E-state index contributed by atoms with van der Waals surface area (Å²) in [5.41, 5.74) is 1.90. The number of hydrogen-bond donors (Lipinski definition) is 2. The number of cyclic esters (lactones) is 1. The first-order chi connectivity index (χ1) is 14.2. The normalized spacial score (nSPS) is 19.6. The third-order valence-electron chi connectivity index (χ3n) is 5.88. The van der Waals surface area contributed by atoms with Crippen LogP contribution in [0.25, 0.3) is 22.3 Å². The van der Waals surface area contributed by atoms with Gasteiger partial charge in [0.15, 0.2) is 5.60 Å². The van der Waals surface area contributed by atoms with Crippen molar-refractivity contribution in [2.75, 3.05) is 14.1 Å². The standard InChI is InChI=1S/C22H21N3O5/c1-22(29)15-7-17-19-11(8-25(17)20(27)14(15)10-30-21(22)28)6-12-13(9-24(2)3)18(26)5-4-16(12)23-19/h4-7,26,29H,8-10H2,1-3H3/t22-/m0/s1. The number of phenols is 1. The number of benzene rings is 1. The van der Waals surface area contributed by atoms with Gasteiger partial charge in [-0.25, -0.2) is 9.78 Å². The van der Waals surface area contributed by atoms with Gasteiger partial charge in [0.2, 0.25) is 0 Å². The minimum atomic E-state index is -1.88. The topological polar surface area (TPSA) is 105 Å². The van der Waals surface area contributed by atoms with Gasteiger partial charge in [-0.2, -0.15) is 0 Å². The van der Waals surface area contributed by atoms with Crippen LogP contribution in [0.1, 0.15) is 29.2 Å². The number of carbonyl (C=O) groups is 1. The highest BCUT2D eigenvalue weighted by molar-refractivity contribution is 5.89. The van der Waals surface area contributed by atoms with E-state index in [0.29, 0.717) is 30.0 Å². The summed E-state index contributed by atoms with van der Waals surface area (Å²) in [4.78, 5) is 31.9. The summed E-state index contributed by atoms with van der Waals surface area (Å²) in [7, 11) is 3.85. The Morgan fingerprint density at radius 3 is 2.77 bits per heavy atom. The first-order valence-electron chi connectivity index (χ1n) is 9.65. The highest BCUT2D eigenvalue weighted by atomic mass is 16.6. The summed E-state index contributed by atoms with van der Waals surface area (Å²) in [5, 5.41) is 21.8. The summed E-state index contributed by atoms with van der Waals surface area (Å²) in [6.07, 6.45) is 0. The lowest BCUT2D eigenvalue weighted by atomic mass is 9.90. The van der Waals surface area contributed by atoms with E-state index in [1.165, 1.54) is 6.92 Å². The maximum atomic E-state index is 13.1. The van der Waals surface area contributed by atoms with Crippen molar-refractivity contribution in [1.82, 2.24) is 14.5 Å². The largest absolute Gasteiger partial charge is 0.508 e. The fourth-order valence-electron chi connectivity index (χ4n) is 4.33. The average Bonchev–Trinajstić information content (AvgIpc) is 3.04. The molecule has 0 aliphatic carbocycles. The molecule has 1 atom stereocenters. The van der Waals surface area contributed by atoms with E-state index in [4.69, 9.17) is 9.72 Å². The number of carbonyl (C=O) groups excluding carboxylic acids is 1. The van der Waals surface area contributed by atoms with Crippen molar-refractivity contribution in [3.8, 4) is 17.1 Å². The molecule has 8 heteroatoms. The molecule has 0 spiro atoms. The number of fused-ring (bicyclic) bond motifs is 5. The van der Waals surface area contributed by atoms with Crippen LogP contribution in [0, 0.1) is 0 Å². The monoisotopic (exact) mass is 407 g/mol. The molecule has 0 saturated heterocycles. The number of ether oxygens (including phenoxy) is 1. The summed E-state index contributed by atoms with van der Waals surface area (Å²) in [5.74, 6) is -0.569. The Morgan fingerprint density at radius 2 is 2.03 bits per heavy atom. The second-order valence-electron chi connectivity index (χ2n) is 8.33. The van der Waals surface area contributed by atoms with Crippen LogP contribution in [-0.2, 0) is 34.8 Å². The van der Waals surface area contributed by atoms with Gasteiger partial charge in [0, 0.05) is 28.6 Å². The van der Waals surface area contributed by atoms with Crippen molar-refractivity contribution in [3.63, 3.8) is 0 Å². The molecular weight excluding hydrogens is 386 g/mol. The van der Waals surface area contributed by atoms with E-state index in [1.807, 2.05) is 25.1 Å². The molecule has 0 amide bonds. The molecule has 2 aromatic heterocycles. The second kappa shape index (κ2) is 6.13. The fourth-order valence-corrected chi connectivity index (χ4v) is 4.33. The minimum Gasteiger partial charge on any atom is -0.508 e. The van der Waals surface area contributed by atoms with Crippen molar-refractivity contribution in [2.24, 2.45) is 0 Å². The van der Waals surface area contributed by atoms with Gasteiger partial charge < -0.3 is 24.4 Å². The minimum absolute atomic E-state index is 0.157. The molecule has 8 nitrogen and oxygen atoms in total. The highest BCUT2D eigenvalue weighted by Crippen LogP contribution is 2.38. The molecular formula is C22H21N3O5. The smallest absolute Gasteiger partial charge is 0.342 e. The zero-order valence-corrected chi connectivity index (χ0v) is 16.9. The fraction of sp³-hybridized carbons (Fsp3) is 0.318. The van der Waals surface area contributed by atoms with Gasteiger partial charge in [-0.1, -0.05) is 0 Å². The van der Waals surface area contributed by atoms with E-state index < -0.39 is 11.6 Å². The molecule has 5 rings (SSSR count). The zero-order chi connectivity index (χ0) is 21.4. The number of nitrogens with zero attached hydrogens (tertiary/aromatic N) is 3. The molecule has 30 heavy (non-hydrogen) atoms. The number of aliphatic hydroxyl groups is 1. The van der Waals surface area contributed by atoms with E-state index in [9.17, 15) is 19.8 Å². The average molecular weight is 407 g/mol. The van der Waals surface area contributed by atoms with Gasteiger partial charge in [0.05, 0.1) is 29.0 Å². The molecule has 1 aromatic carbocycles. The Balaban J connectivity index is 1.75. The van der Waals surface area contributed by atoms with Crippen LogP contribution < -0.4 is 5.56 Å². The van der Waals surface area contributed by atoms with E-state index >= 15 is 0 Å². The summed E-state index contributed by atoms with van der Waals surface area (Å²) in [6, 6.07) is 7.00. The van der Waals surface area contributed by atoms with Crippen molar-refractivity contribution in [3.05, 3.63) is 56.9 Å². The van der Waals surface area contributed by atoms with Crippen molar-refractivity contribution < 1.29 is 19.7 Å². The summed E-state index contributed by atoms with van der Waals surface area (Å²) >= 11 is 0. The molecule has 2 aliphatic rings. The Kier molecular flexibility index (Phi) is 3.84. The highest BCUT2D eigenvalue weighted by Gasteiger charge is 2.42. The molecule has 0 radical (unpaired) electrons. The number of rotatable bonds is 2. The third-order valence-corrected chi connectivity index (χ3v) is 5.88. The number of aromatic hydroxyl groups is 1. The van der Waals surface area contributed by atoms with Crippen LogP contribution in [0.2, 0.25) is 0 Å². The maximum absolute atomic E-state index is 13.1. The van der Waals surface area contributed by atoms with E-state index in [2.05, 4.69) is 0 Å². The SMILES string of the molecule is CN(C)Cc1c(O)ccc2nc3c(cc12)Cn1c-3cc2c(c1=O)COC(=O)[C@@]2(C)O. The number of esters is 1. The Labute approximate surface area is 172 Å². The molecule has 2 N–H and O–H groups in total. The molecule has 154 valence electrons. The molecule has 2 aliphatic heterocycles. The van der Waals surface area contributed by atoms with Crippen LogP contribution in [0.3, 0.4) is 0 Å². The molecule has 4 heterocycles. The molecule has 3 aromatic rings. The third kappa shape index (κ3) is 2.50. The number of pyridine rings is 2. The summed E-state index contributed by atoms with van der Waals surface area (Å²) < 4.78 is 6.61. The second-order valence-corrected chi connectivity index (χ2v) is 8.33. The first-order valence-corrected chi connectivity index (χ1v) is 9.65. The molecule has 0 fully saturated rings. The van der Waals surface area contributed by atoms with Gasteiger partial charge in [-0.3, -0.25) is 4.79 Å². The van der Waals surface area contributed by atoms with Crippen molar-refractivity contribution in [2.45, 2.75) is 32.2 Å². The van der Waals surface area contributed by atoms with Gasteiger partial charge in [0.1, 0.15) is 12.4 Å². The molecule has 0 saturated carbocycles. The van der Waals surface area contributed by atoms with Crippen molar-refractivity contribution >= 4 is 16.9 Å². The van der Waals surface area contributed by atoms with Gasteiger partial charge >= 0.3 is 5.97 Å². The molecule has 0 unspecified atom stereocenters. The number of hydrogen-bond acceptors (Lipinski definition) is 7. The van der Waals surface area contributed by atoms with E-state index in [-0.39, 0.29) is 29.0 Å². The van der Waals surface area contributed by atoms with Crippen molar-refractivity contribution in [1.29, 1.82) is 0 Å². The quantitative estimate of drug-likeness (QED) is 0.485. The first kappa shape index (κ1) is 18.8. The lowest BCUT2D eigenvalue weighted by molar-refractivity contribution is -0.169. The molecule has 0 bridgehead atoms. The lowest BCUT2D eigenvalue weighted by Crippen LogP contribution is -2.42. The maximum Gasteiger partial charge on any atom is 0.342 e. The predicted octanol–water partition coefficient (Wildman–Crippen LogP) is 1.46. The van der Waals surface area contributed by atoms with Gasteiger partial charge in [0.25, 0.3) is 5.56 Å². The Hall–Kier alpha value is -3.23. The predicted molar refractivity (Wildman–Crippen MR) is 109 cm³/mol. The van der Waals surface area contributed by atoms with Crippen LogP contribution in [0.15, 0.2) is 29.1 Å². The van der Waals surface area contributed by atoms with Gasteiger partial charge in [-0.15, -0.1) is 0 Å².